The molecule has 3 nitrogen and oxygen atoms in total. The van der Waals surface area contributed by atoms with Gasteiger partial charge in [0.05, 0.1) is 6.07 Å². The van der Waals surface area contributed by atoms with Gasteiger partial charge in [-0.1, -0.05) is 60.7 Å². The molecule has 0 spiro atoms. The van der Waals surface area contributed by atoms with Crippen LogP contribution in [0.4, 0.5) is 0 Å². The summed E-state index contributed by atoms with van der Waals surface area (Å²) in [4.78, 5) is 4.67. The monoisotopic (exact) mass is 291 g/mol. The Bertz CT molecular complexity index is 618. The van der Waals surface area contributed by atoms with E-state index in [1.807, 2.05) is 12.1 Å². The predicted octanol–water partition coefficient (Wildman–Crippen LogP) is 2.90. The topological polar surface area (TPSA) is 30.3 Å². The van der Waals surface area contributed by atoms with Crippen molar-refractivity contribution < 1.29 is 0 Å². The van der Waals surface area contributed by atoms with Crippen LogP contribution in [0.2, 0.25) is 0 Å². The third-order valence-corrected chi connectivity index (χ3v) is 4.20. The molecule has 1 aliphatic heterocycles. The molecule has 0 aromatic heterocycles. The number of hydrogen-bond donors (Lipinski definition) is 0. The van der Waals surface area contributed by atoms with Crippen molar-refractivity contribution in [3.63, 3.8) is 0 Å². The smallest absolute Gasteiger partial charge is 0.111 e. The average Bonchev–Trinajstić information content (AvgIpc) is 2.58. The lowest BCUT2D eigenvalue weighted by molar-refractivity contribution is 0.0902. The van der Waals surface area contributed by atoms with Gasteiger partial charge in [0.15, 0.2) is 0 Å². The zero-order valence-corrected chi connectivity index (χ0v) is 12.7. The fraction of sp³-hybridized carbons (Fsp3) is 0.316. The standard InChI is InChI=1S/C19H21N3/c20-13-19-16-21(14-17-7-3-1-4-8-17)11-12-22(19)15-18-9-5-2-6-10-18/h1-10,19H,11-12,14-16H2/t19-/m0/s1. The second-order valence-corrected chi connectivity index (χ2v) is 5.82. The minimum atomic E-state index is -0.0299. The molecule has 1 heterocycles. The van der Waals surface area contributed by atoms with Gasteiger partial charge in [-0.15, -0.1) is 0 Å². The number of nitriles is 1. The summed E-state index contributed by atoms with van der Waals surface area (Å²) >= 11 is 0. The number of rotatable bonds is 4. The minimum absolute atomic E-state index is 0.0299. The van der Waals surface area contributed by atoms with E-state index in [0.717, 1.165) is 32.7 Å². The van der Waals surface area contributed by atoms with Gasteiger partial charge in [-0.25, -0.2) is 0 Å². The van der Waals surface area contributed by atoms with Gasteiger partial charge in [-0.2, -0.15) is 5.26 Å². The molecule has 22 heavy (non-hydrogen) atoms. The highest BCUT2D eigenvalue weighted by Gasteiger charge is 2.26. The highest BCUT2D eigenvalue weighted by atomic mass is 15.3. The fourth-order valence-corrected chi connectivity index (χ4v) is 2.99. The molecule has 0 aliphatic carbocycles. The van der Waals surface area contributed by atoms with Crippen LogP contribution < -0.4 is 0 Å². The number of nitrogens with zero attached hydrogens (tertiary/aromatic N) is 3. The Kier molecular flexibility index (Phi) is 4.85. The second kappa shape index (κ2) is 7.22. The van der Waals surface area contributed by atoms with Crippen LogP contribution in [0.25, 0.3) is 0 Å². The first-order valence-corrected chi connectivity index (χ1v) is 7.79. The lowest BCUT2D eigenvalue weighted by Crippen LogP contribution is -2.51. The zero-order chi connectivity index (χ0) is 15.2. The lowest BCUT2D eigenvalue weighted by Gasteiger charge is -2.38. The maximum absolute atomic E-state index is 9.50. The Hall–Kier alpha value is -2.15. The maximum atomic E-state index is 9.50. The molecule has 3 rings (SSSR count). The molecule has 112 valence electrons. The molecule has 0 unspecified atom stereocenters. The predicted molar refractivity (Wildman–Crippen MR) is 88.0 cm³/mol. The molecule has 1 atom stereocenters. The van der Waals surface area contributed by atoms with Gasteiger partial charge in [-0.05, 0) is 11.1 Å². The number of piperazine rings is 1. The molecular formula is C19H21N3. The van der Waals surface area contributed by atoms with Gasteiger partial charge in [0.25, 0.3) is 0 Å². The molecule has 3 heteroatoms. The van der Waals surface area contributed by atoms with E-state index in [1.165, 1.54) is 11.1 Å². The number of hydrogen-bond acceptors (Lipinski definition) is 3. The van der Waals surface area contributed by atoms with Crippen LogP contribution in [-0.2, 0) is 13.1 Å². The third kappa shape index (κ3) is 3.73. The normalized spacial score (nSPS) is 19.7. The first-order valence-electron chi connectivity index (χ1n) is 7.79. The molecule has 2 aromatic carbocycles. The van der Waals surface area contributed by atoms with Crippen molar-refractivity contribution in [1.29, 1.82) is 5.26 Å². The minimum Gasteiger partial charge on any atom is -0.295 e. The van der Waals surface area contributed by atoms with E-state index in [1.54, 1.807) is 0 Å². The van der Waals surface area contributed by atoms with Crippen LogP contribution in [0.15, 0.2) is 60.7 Å². The van der Waals surface area contributed by atoms with Crippen LogP contribution in [0.5, 0.6) is 0 Å². The highest BCUT2D eigenvalue weighted by Crippen LogP contribution is 2.16. The highest BCUT2D eigenvalue weighted by molar-refractivity contribution is 5.17. The van der Waals surface area contributed by atoms with Crippen LogP contribution in [-0.4, -0.2) is 35.5 Å². The van der Waals surface area contributed by atoms with Gasteiger partial charge in [0, 0.05) is 32.7 Å². The SMILES string of the molecule is N#C[C@H]1CN(Cc2ccccc2)CCN1Cc1ccccc1. The third-order valence-electron chi connectivity index (χ3n) is 4.20. The summed E-state index contributed by atoms with van der Waals surface area (Å²) < 4.78 is 0. The summed E-state index contributed by atoms with van der Waals surface area (Å²) in [6.07, 6.45) is 0. The summed E-state index contributed by atoms with van der Waals surface area (Å²) in [7, 11) is 0. The Morgan fingerprint density at radius 3 is 2.05 bits per heavy atom. The van der Waals surface area contributed by atoms with E-state index in [2.05, 4.69) is 64.4 Å². The molecule has 2 aromatic rings. The fourth-order valence-electron chi connectivity index (χ4n) is 2.99. The molecular weight excluding hydrogens is 270 g/mol. The van der Waals surface area contributed by atoms with Crippen molar-refractivity contribution in [2.75, 3.05) is 19.6 Å². The van der Waals surface area contributed by atoms with Gasteiger partial charge < -0.3 is 0 Å². The van der Waals surface area contributed by atoms with Crippen molar-refractivity contribution in [3.8, 4) is 6.07 Å². The molecule has 1 saturated heterocycles. The molecule has 1 aliphatic rings. The van der Waals surface area contributed by atoms with Gasteiger partial charge in [-0.3, -0.25) is 9.80 Å². The lowest BCUT2D eigenvalue weighted by atomic mass is 10.1. The molecule has 0 saturated carbocycles. The van der Waals surface area contributed by atoms with Crippen LogP contribution >= 0.6 is 0 Å². The zero-order valence-electron chi connectivity index (χ0n) is 12.7. The Labute approximate surface area is 132 Å². The Balaban J connectivity index is 1.60. The summed E-state index contributed by atoms with van der Waals surface area (Å²) in [5, 5.41) is 9.50. The molecule has 1 fully saturated rings. The van der Waals surface area contributed by atoms with Gasteiger partial charge >= 0.3 is 0 Å². The van der Waals surface area contributed by atoms with Crippen molar-refractivity contribution in [3.05, 3.63) is 71.8 Å². The van der Waals surface area contributed by atoms with E-state index >= 15 is 0 Å². The summed E-state index contributed by atoms with van der Waals surface area (Å²) in [6.45, 7) is 4.56. The van der Waals surface area contributed by atoms with E-state index in [4.69, 9.17) is 0 Å². The molecule has 0 amide bonds. The van der Waals surface area contributed by atoms with Crippen molar-refractivity contribution >= 4 is 0 Å². The first kappa shape index (κ1) is 14.8. The molecule has 0 N–H and O–H groups in total. The van der Waals surface area contributed by atoms with Crippen molar-refractivity contribution in [1.82, 2.24) is 9.80 Å². The Morgan fingerprint density at radius 2 is 1.45 bits per heavy atom. The van der Waals surface area contributed by atoms with Crippen LogP contribution in [0.3, 0.4) is 0 Å². The second-order valence-electron chi connectivity index (χ2n) is 5.82. The van der Waals surface area contributed by atoms with E-state index in [-0.39, 0.29) is 6.04 Å². The summed E-state index contributed by atoms with van der Waals surface area (Å²) in [6, 6.07) is 23.3. The van der Waals surface area contributed by atoms with E-state index in [9.17, 15) is 5.26 Å². The van der Waals surface area contributed by atoms with E-state index < -0.39 is 0 Å². The Morgan fingerprint density at radius 1 is 0.864 bits per heavy atom. The molecule has 0 radical (unpaired) electrons. The van der Waals surface area contributed by atoms with Crippen molar-refractivity contribution in [2.24, 2.45) is 0 Å². The van der Waals surface area contributed by atoms with E-state index in [0.29, 0.717) is 0 Å². The van der Waals surface area contributed by atoms with Gasteiger partial charge in [0.1, 0.15) is 6.04 Å². The quantitative estimate of drug-likeness (QED) is 0.867. The maximum Gasteiger partial charge on any atom is 0.111 e. The summed E-state index contributed by atoms with van der Waals surface area (Å²) in [5.41, 5.74) is 2.59. The van der Waals surface area contributed by atoms with Crippen LogP contribution in [0.1, 0.15) is 11.1 Å². The van der Waals surface area contributed by atoms with Crippen LogP contribution in [0, 0.1) is 11.3 Å². The number of benzene rings is 2. The van der Waals surface area contributed by atoms with Crippen molar-refractivity contribution in [2.45, 2.75) is 19.1 Å². The first-order chi connectivity index (χ1) is 10.8. The van der Waals surface area contributed by atoms with Gasteiger partial charge in [0.2, 0.25) is 0 Å². The summed E-state index contributed by atoms with van der Waals surface area (Å²) in [5.74, 6) is 0. The average molecular weight is 291 g/mol. The molecule has 0 bridgehead atoms. The largest absolute Gasteiger partial charge is 0.295 e.